The number of hydrogen-bond donors (Lipinski definition) is 2. The van der Waals surface area contributed by atoms with E-state index in [4.69, 9.17) is 0 Å². The Morgan fingerprint density at radius 1 is 0.950 bits per heavy atom. The molecule has 2 N–H and O–H groups in total. The molecule has 20 heavy (non-hydrogen) atoms. The van der Waals surface area contributed by atoms with E-state index in [0.717, 1.165) is 19.4 Å². The predicted molar refractivity (Wildman–Crippen MR) is 80.8 cm³/mol. The van der Waals surface area contributed by atoms with Crippen molar-refractivity contribution in [2.24, 2.45) is 0 Å². The summed E-state index contributed by atoms with van der Waals surface area (Å²) < 4.78 is 0. The Balaban J connectivity index is 1.82. The van der Waals surface area contributed by atoms with Crippen molar-refractivity contribution in [3.63, 3.8) is 0 Å². The van der Waals surface area contributed by atoms with Crippen LogP contribution < -0.4 is 5.32 Å². The molecule has 2 heteroatoms. The lowest BCUT2D eigenvalue weighted by Crippen LogP contribution is -2.38. The third-order valence-corrected chi connectivity index (χ3v) is 4.73. The zero-order valence-electron chi connectivity index (χ0n) is 11.4. The van der Waals surface area contributed by atoms with Crippen molar-refractivity contribution in [1.82, 2.24) is 5.32 Å². The number of benzene rings is 2. The zero-order chi connectivity index (χ0) is 13.5. The van der Waals surface area contributed by atoms with Crippen LogP contribution in [0.1, 0.15) is 29.9 Å². The Kier molecular flexibility index (Phi) is 2.86. The van der Waals surface area contributed by atoms with Crippen LogP contribution >= 0.6 is 0 Å². The minimum Gasteiger partial charge on any atom is -0.391 e. The molecule has 1 fully saturated rings. The smallest absolute Gasteiger partial charge is 0.0802 e. The van der Waals surface area contributed by atoms with Gasteiger partial charge in [0.15, 0.2) is 0 Å². The molecule has 102 valence electrons. The first-order chi connectivity index (χ1) is 9.86. The van der Waals surface area contributed by atoms with Gasteiger partial charge in [-0.25, -0.2) is 0 Å². The molecule has 1 aliphatic carbocycles. The molecule has 2 atom stereocenters. The molecule has 1 heterocycles. The fraction of sp³-hybridized carbons (Fsp3) is 0.333. The van der Waals surface area contributed by atoms with Gasteiger partial charge in [0.2, 0.25) is 0 Å². The van der Waals surface area contributed by atoms with Gasteiger partial charge in [0.25, 0.3) is 0 Å². The summed E-state index contributed by atoms with van der Waals surface area (Å²) in [5.74, 6) is 0.109. The predicted octanol–water partition coefficient (Wildman–Crippen LogP) is 2.91. The van der Waals surface area contributed by atoms with Crippen molar-refractivity contribution < 1.29 is 5.11 Å². The SMILES string of the molecule is OC(C1c2ccccc2-c2ccccc21)[C@@H]1CCCN1. The third kappa shape index (κ3) is 1.72. The molecule has 2 aromatic carbocycles. The van der Waals surface area contributed by atoms with Crippen LogP contribution in [-0.2, 0) is 0 Å². The number of fused-ring (bicyclic) bond motifs is 3. The second kappa shape index (κ2) is 4.72. The van der Waals surface area contributed by atoms with Crippen LogP contribution in [0.3, 0.4) is 0 Å². The molecular formula is C18H19NO. The summed E-state index contributed by atoms with van der Waals surface area (Å²) in [6.07, 6.45) is 1.89. The summed E-state index contributed by atoms with van der Waals surface area (Å²) in [5, 5.41) is 14.3. The molecule has 0 amide bonds. The highest BCUT2D eigenvalue weighted by Crippen LogP contribution is 2.47. The lowest BCUT2D eigenvalue weighted by atomic mass is 9.87. The number of aliphatic hydroxyl groups excluding tert-OH is 1. The van der Waals surface area contributed by atoms with Crippen LogP contribution in [0.25, 0.3) is 11.1 Å². The first-order valence-electron chi connectivity index (χ1n) is 7.46. The Hall–Kier alpha value is -1.64. The van der Waals surface area contributed by atoms with Crippen LogP contribution in [0.5, 0.6) is 0 Å². The van der Waals surface area contributed by atoms with Gasteiger partial charge in [0, 0.05) is 12.0 Å². The molecule has 0 aromatic heterocycles. The van der Waals surface area contributed by atoms with Crippen molar-refractivity contribution in [2.45, 2.75) is 30.9 Å². The molecule has 4 rings (SSSR count). The minimum absolute atomic E-state index is 0.109. The Morgan fingerprint density at radius 3 is 2.10 bits per heavy atom. The van der Waals surface area contributed by atoms with Crippen molar-refractivity contribution in [3.05, 3.63) is 59.7 Å². The fourth-order valence-electron chi connectivity index (χ4n) is 3.80. The monoisotopic (exact) mass is 265 g/mol. The Bertz CT molecular complexity index is 585. The van der Waals surface area contributed by atoms with Gasteiger partial charge in [0.1, 0.15) is 0 Å². The van der Waals surface area contributed by atoms with E-state index in [1.807, 2.05) is 0 Å². The van der Waals surface area contributed by atoms with Gasteiger partial charge in [-0.1, -0.05) is 48.5 Å². The molecule has 1 aliphatic heterocycles. The first-order valence-corrected chi connectivity index (χ1v) is 7.46. The highest BCUT2D eigenvalue weighted by Gasteiger charge is 2.37. The van der Waals surface area contributed by atoms with Crippen LogP contribution in [0, 0.1) is 0 Å². The quantitative estimate of drug-likeness (QED) is 0.875. The van der Waals surface area contributed by atoms with Crippen LogP contribution in [0.4, 0.5) is 0 Å². The van der Waals surface area contributed by atoms with Gasteiger partial charge in [-0.05, 0) is 41.6 Å². The molecule has 0 saturated carbocycles. The normalized spacial score (nSPS) is 22.6. The van der Waals surface area contributed by atoms with E-state index in [-0.39, 0.29) is 18.1 Å². The molecule has 2 nitrogen and oxygen atoms in total. The van der Waals surface area contributed by atoms with E-state index < -0.39 is 0 Å². The van der Waals surface area contributed by atoms with E-state index >= 15 is 0 Å². The first kappa shape index (κ1) is 12.1. The highest BCUT2D eigenvalue weighted by atomic mass is 16.3. The van der Waals surface area contributed by atoms with Gasteiger partial charge in [-0.15, -0.1) is 0 Å². The number of nitrogens with one attached hydrogen (secondary N) is 1. The van der Waals surface area contributed by atoms with E-state index in [9.17, 15) is 5.11 Å². The van der Waals surface area contributed by atoms with Gasteiger partial charge in [0.05, 0.1) is 6.10 Å². The molecule has 0 bridgehead atoms. The maximum Gasteiger partial charge on any atom is 0.0802 e. The van der Waals surface area contributed by atoms with Crippen molar-refractivity contribution >= 4 is 0 Å². The maximum atomic E-state index is 10.9. The summed E-state index contributed by atoms with van der Waals surface area (Å²) in [5.41, 5.74) is 5.11. The second-order valence-electron chi connectivity index (χ2n) is 5.85. The number of aliphatic hydroxyl groups is 1. The standard InChI is InChI=1S/C18H19NO/c20-18(16-10-5-11-19-16)17-14-8-3-1-6-12(14)13-7-2-4-9-15(13)17/h1-4,6-9,16-20H,5,10-11H2/t16-,18?/m0/s1. The van der Waals surface area contributed by atoms with Crippen LogP contribution in [0.2, 0.25) is 0 Å². The number of rotatable bonds is 2. The van der Waals surface area contributed by atoms with Gasteiger partial charge < -0.3 is 10.4 Å². The van der Waals surface area contributed by atoms with E-state index in [2.05, 4.69) is 53.8 Å². The molecule has 2 aliphatic rings. The summed E-state index contributed by atoms with van der Waals surface area (Å²) in [7, 11) is 0. The zero-order valence-corrected chi connectivity index (χ0v) is 11.4. The molecule has 1 saturated heterocycles. The van der Waals surface area contributed by atoms with Crippen molar-refractivity contribution in [3.8, 4) is 11.1 Å². The average molecular weight is 265 g/mol. The molecule has 1 unspecified atom stereocenters. The summed E-state index contributed by atoms with van der Waals surface area (Å²) in [6.45, 7) is 1.03. The van der Waals surface area contributed by atoms with Crippen molar-refractivity contribution in [2.75, 3.05) is 6.54 Å². The van der Waals surface area contributed by atoms with Gasteiger partial charge in [-0.3, -0.25) is 0 Å². The minimum atomic E-state index is -0.345. The summed E-state index contributed by atoms with van der Waals surface area (Å²) in [4.78, 5) is 0. The third-order valence-electron chi connectivity index (χ3n) is 4.73. The van der Waals surface area contributed by atoms with E-state index in [1.54, 1.807) is 0 Å². The maximum absolute atomic E-state index is 10.9. The largest absolute Gasteiger partial charge is 0.391 e. The molecule has 0 radical (unpaired) electrons. The lowest BCUT2D eigenvalue weighted by molar-refractivity contribution is 0.120. The van der Waals surface area contributed by atoms with E-state index in [0.29, 0.717) is 0 Å². The van der Waals surface area contributed by atoms with Crippen molar-refractivity contribution in [1.29, 1.82) is 0 Å². The average Bonchev–Trinajstić information content (AvgIpc) is 3.13. The van der Waals surface area contributed by atoms with E-state index in [1.165, 1.54) is 22.3 Å². The topological polar surface area (TPSA) is 32.3 Å². The van der Waals surface area contributed by atoms with Crippen LogP contribution in [-0.4, -0.2) is 23.8 Å². The van der Waals surface area contributed by atoms with Gasteiger partial charge >= 0.3 is 0 Å². The Labute approximate surface area is 119 Å². The molecule has 2 aromatic rings. The summed E-state index contributed by atoms with van der Waals surface area (Å²) in [6, 6.07) is 17.2. The lowest BCUT2D eigenvalue weighted by Gasteiger charge is -2.26. The summed E-state index contributed by atoms with van der Waals surface area (Å²) >= 11 is 0. The second-order valence-corrected chi connectivity index (χ2v) is 5.85. The van der Waals surface area contributed by atoms with Crippen LogP contribution in [0.15, 0.2) is 48.5 Å². The molecule has 0 spiro atoms. The fourth-order valence-corrected chi connectivity index (χ4v) is 3.80. The highest BCUT2D eigenvalue weighted by molar-refractivity contribution is 5.79. The molecular weight excluding hydrogens is 246 g/mol. The number of hydrogen-bond acceptors (Lipinski definition) is 2. The Morgan fingerprint density at radius 2 is 1.55 bits per heavy atom. The van der Waals surface area contributed by atoms with Gasteiger partial charge in [-0.2, -0.15) is 0 Å².